The van der Waals surface area contributed by atoms with Crippen molar-refractivity contribution in [2.24, 2.45) is 0 Å². The molecule has 2 amide bonds. The number of aromatic nitrogens is 1. The summed E-state index contributed by atoms with van der Waals surface area (Å²) < 4.78 is 0. The summed E-state index contributed by atoms with van der Waals surface area (Å²) in [5, 5.41) is 14.7. The fourth-order valence-electron chi connectivity index (χ4n) is 3.17. The Balaban J connectivity index is 1.60. The lowest BCUT2D eigenvalue weighted by molar-refractivity contribution is -0.383. The minimum absolute atomic E-state index is 0.150. The van der Waals surface area contributed by atoms with Gasteiger partial charge in [0.1, 0.15) is 5.69 Å². The van der Waals surface area contributed by atoms with Crippen molar-refractivity contribution in [3.8, 4) is 11.1 Å². The second-order valence-corrected chi connectivity index (χ2v) is 6.86. The number of hydrogen-bond acceptors (Lipinski definition) is 4. The Kier molecular flexibility index (Phi) is 4.67. The molecule has 1 aromatic heterocycles. The maximum Gasteiger partial charge on any atom is 0.322 e. The molecule has 2 heterocycles. The molecule has 0 atom stereocenters. The van der Waals surface area contributed by atoms with Crippen LogP contribution in [0.2, 0.25) is 5.02 Å². The van der Waals surface area contributed by atoms with E-state index in [-0.39, 0.29) is 11.4 Å². The van der Waals surface area contributed by atoms with Crippen molar-refractivity contribution in [1.82, 2.24) is 9.88 Å². The molecule has 4 rings (SSSR count). The zero-order valence-electron chi connectivity index (χ0n) is 14.6. The molecule has 0 unspecified atom stereocenters. The standard InChI is InChI=1S/C20H15ClN4O3/c21-17-4-1-13(2-5-17)14-3-6-19(25(27)28)18(9-14)23-20(26)24-11-15-7-8-22-10-16(15)12-24/h1-10H,11-12H2,(H,23,26). The van der Waals surface area contributed by atoms with Gasteiger partial charge in [0.2, 0.25) is 0 Å². The van der Waals surface area contributed by atoms with E-state index in [4.69, 9.17) is 11.6 Å². The number of halogens is 1. The van der Waals surface area contributed by atoms with Gasteiger partial charge in [0.25, 0.3) is 5.69 Å². The third-order valence-corrected chi connectivity index (χ3v) is 4.88. The third-order valence-electron chi connectivity index (χ3n) is 4.63. The minimum atomic E-state index is -0.510. The first kappa shape index (κ1) is 17.9. The summed E-state index contributed by atoms with van der Waals surface area (Å²) in [6.45, 7) is 0.855. The Morgan fingerprint density at radius 1 is 1.07 bits per heavy atom. The monoisotopic (exact) mass is 394 g/mol. The molecule has 7 nitrogen and oxygen atoms in total. The zero-order chi connectivity index (χ0) is 19.7. The largest absolute Gasteiger partial charge is 0.322 e. The number of fused-ring (bicyclic) bond motifs is 1. The van der Waals surface area contributed by atoms with Gasteiger partial charge in [-0.2, -0.15) is 0 Å². The molecule has 0 saturated carbocycles. The Labute approximate surface area is 165 Å². The maximum atomic E-state index is 12.7. The number of nitrogens with zero attached hydrogens (tertiary/aromatic N) is 3. The number of carbonyl (C=O) groups excluding carboxylic acids is 1. The molecule has 2 aromatic carbocycles. The number of benzene rings is 2. The molecule has 0 bridgehead atoms. The highest BCUT2D eigenvalue weighted by atomic mass is 35.5. The first-order chi connectivity index (χ1) is 13.5. The second-order valence-electron chi connectivity index (χ2n) is 6.43. The number of nitro benzene ring substituents is 1. The van der Waals surface area contributed by atoms with Crippen LogP contribution in [-0.4, -0.2) is 20.8 Å². The molecule has 3 aromatic rings. The van der Waals surface area contributed by atoms with Gasteiger partial charge in [-0.25, -0.2) is 4.79 Å². The SMILES string of the molecule is O=C(Nc1cc(-c2ccc(Cl)cc2)ccc1[N+](=O)[O-])N1Cc2ccncc2C1. The Hall–Kier alpha value is -3.45. The molecule has 0 spiro atoms. The van der Waals surface area contributed by atoms with E-state index in [1.54, 1.807) is 41.6 Å². The molecule has 1 aliphatic heterocycles. The molecular formula is C20H15ClN4O3. The Morgan fingerprint density at radius 3 is 2.50 bits per heavy atom. The van der Waals surface area contributed by atoms with Crippen molar-refractivity contribution >= 4 is 29.0 Å². The van der Waals surface area contributed by atoms with E-state index in [2.05, 4.69) is 10.3 Å². The normalized spacial score (nSPS) is 12.5. The van der Waals surface area contributed by atoms with Crippen LogP contribution in [0, 0.1) is 10.1 Å². The van der Waals surface area contributed by atoms with Crippen molar-refractivity contribution in [2.75, 3.05) is 5.32 Å². The summed E-state index contributed by atoms with van der Waals surface area (Å²) in [7, 11) is 0. The van der Waals surface area contributed by atoms with Gasteiger partial charge in [0.05, 0.1) is 4.92 Å². The van der Waals surface area contributed by atoms with E-state index in [0.717, 1.165) is 22.3 Å². The highest BCUT2D eigenvalue weighted by Crippen LogP contribution is 2.32. The van der Waals surface area contributed by atoms with Crippen LogP contribution >= 0.6 is 11.6 Å². The highest BCUT2D eigenvalue weighted by Gasteiger charge is 2.25. The lowest BCUT2D eigenvalue weighted by atomic mass is 10.0. The molecule has 140 valence electrons. The van der Waals surface area contributed by atoms with Gasteiger partial charge in [-0.1, -0.05) is 23.7 Å². The quantitative estimate of drug-likeness (QED) is 0.507. The molecular weight excluding hydrogens is 380 g/mol. The third kappa shape index (κ3) is 3.52. The van der Waals surface area contributed by atoms with Crippen LogP contribution in [0.25, 0.3) is 11.1 Å². The number of pyridine rings is 1. The van der Waals surface area contributed by atoms with Crippen molar-refractivity contribution in [1.29, 1.82) is 0 Å². The van der Waals surface area contributed by atoms with Gasteiger partial charge in [-0.05, 0) is 52.6 Å². The first-order valence-electron chi connectivity index (χ1n) is 8.53. The molecule has 8 heteroatoms. The highest BCUT2D eigenvalue weighted by molar-refractivity contribution is 6.30. The van der Waals surface area contributed by atoms with Gasteiger partial charge in [0.15, 0.2) is 0 Å². The van der Waals surface area contributed by atoms with Crippen LogP contribution in [-0.2, 0) is 13.1 Å². The van der Waals surface area contributed by atoms with Gasteiger partial charge in [0, 0.05) is 36.6 Å². The molecule has 0 radical (unpaired) electrons. The molecule has 0 aliphatic carbocycles. The molecule has 0 fully saturated rings. The summed E-state index contributed by atoms with van der Waals surface area (Å²) >= 11 is 5.92. The number of rotatable bonds is 3. The van der Waals surface area contributed by atoms with Crippen LogP contribution in [0.4, 0.5) is 16.2 Å². The van der Waals surface area contributed by atoms with E-state index >= 15 is 0 Å². The van der Waals surface area contributed by atoms with E-state index in [0.29, 0.717) is 18.1 Å². The summed E-state index contributed by atoms with van der Waals surface area (Å²) in [6.07, 6.45) is 3.41. The lowest BCUT2D eigenvalue weighted by Crippen LogP contribution is -2.30. The van der Waals surface area contributed by atoms with Gasteiger partial charge >= 0.3 is 6.03 Å². The van der Waals surface area contributed by atoms with Crippen LogP contribution in [0.15, 0.2) is 60.9 Å². The van der Waals surface area contributed by atoms with E-state index in [9.17, 15) is 14.9 Å². The van der Waals surface area contributed by atoms with Crippen LogP contribution in [0.3, 0.4) is 0 Å². The summed E-state index contributed by atoms with van der Waals surface area (Å²) in [4.78, 5) is 29.3. The number of amides is 2. The maximum absolute atomic E-state index is 12.7. The zero-order valence-corrected chi connectivity index (χ0v) is 15.4. The van der Waals surface area contributed by atoms with Crippen LogP contribution < -0.4 is 5.32 Å². The van der Waals surface area contributed by atoms with Crippen molar-refractivity contribution in [3.05, 3.63) is 87.2 Å². The fourth-order valence-corrected chi connectivity index (χ4v) is 3.30. The molecule has 1 aliphatic rings. The smallest absolute Gasteiger partial charge is 0.316 e. The summed E-state index contributed by atoms with van der Waals surface area (Å²) in [5.41, 5.74) is 3.57. The summed E-state index contributed by atoms with van der Waals surface area (Å²) in [5.74, 6) is 0. The predicted octanol–water partition coefficient (Wildman–Crippen LogP) is 4.86. The number of carbonyl (C=O) groups is 1. The Morgan fingerprint density at radius 2 is 1.79 bits per heavy atom. The first-order valence-corrected chi connectivity index (χ1v) is 8.91. The molecule has 1 N–H and O–H groups in total. The lowest BCUT2D eigenvalue weighted by Gasteiger charge is -2.17. The van der Waals surface area contributed by atoms with E-state index in [1.807, 2.05) is 18.2 Å². The average Bonchev–Trinajstić information content (AvgIpc) is 3.13. The second kappa shape index (κ2) is 7.28. The van der Waals surface area contributed by atoms with Gasteiger partial charge < -0.3 is 10.2 Å². The van der Waals surface area contributed by atoms with Gasteiger partial charge in [-0.15, -0.1) is 0 Å². The predicted molar refractivity (Wildman–Crippen MR) is 106 cm³/mol. The van der Waals surface area contributed by atoms with Gasteiger partial charge in [-0.3, -0.25) is 15.1 Å². The average molecular weight is 395 g/mol. The van der Waals surface area contributed by atoms with Crippen LogP contribution in [0.1, 0.15) is 11.1 Å². The van der Waals surface area contributed by atoms with Crippen molar-refractivity contribution < 1.29 is 9.72 Å². The Bertz CT molecular complexity index is 1040. The number of urea groups is 1. The van der Waals surface area contributed by atoms with Crippen molar-refractivity contribution in [2.45, 2.75) is 13.1 Å². The topological polar surface area (TPSA) is 88.4 Å². The number of anilines is 1. The fraction of sp³-hybridized carbons (Fsp3) is 0.100. The summed E-state index contributed by atoms with van der Waals surface area (Å²) in [6, 6.07) is 13.2. The van der Waals surface area contributed by atoms with E-state index in [1.165, 1.54) is 6.07 Å². The number of nitro groups is 1. The number of hydrogen-bond donors (Lipinski definition) is 1. The van der Waals surface area contributed by atoms with E-state index < -0.39 is 11.0 Å². The molecule has 0 saturated heterocycles. The minimum Gasteiger partial charge on any atom is -0.316 e. The number of nitrogens with one attached hydrogen (secondary N) is 1. The van der Waals surface area contributed by atoms with Crippen molar-refractivity contribution in [3.63, 3.8) is 0 Å². The van der Waals surface area contributed by atoms with Crippen LogP contribution in [0.5, 0.6) is 0 Å². The molecule has 28 heavy (non-hydrogen) atoms.